The van der Waals surface area contributed by atoms with Gasteiger partial charge < -0.3 is 20.3 Å². The van der Waals surface area contributed by atoms with Crippen molar-refractivity contribution in [2.75, 3.05) is 29.9 Å². The highest BCUT2D eigenvalue weighted by atomic mass is 16.5. The second-order valence-corrected chi connectivity index (χ2v) is 9.13. The zero-order chi connectivity index (χ0) is 25.2. The summed E-state index contributed by atoms with van der Waals surface area (Å²) in [5, 5.41) is 5.99. The molecule has 4 rings (SSSR count). The molecule has 36 heavy (non-hydrogen) atoms. The lowest BCUT2D eigenvalue weighted by Crippen LogP contribution is -2.32. The van der Waals surface area contributed by atoms with Crippen molar-refractivity contribution in [3.05, 3.63) is 89.5 Å². The standard InChI is InChI=1S/C30H35N3O3/c1-2-3-20-36-26-15-12-24(13-16-26)29(34)32-25-14-17-28(33-18-8-5-9-19-33)27(21-25)30(35)31-22-23-10-6-4-7-11-23/h4,6-7,10-17,21H,2-3,5,8-9,18-20,22H2,1H3,(H,31,35)(H,32,34). The van der Waals surface area contributed by atoms with Crippen molar-refractivity contribution in [1.29, 1.82) is 0 Å². The fourth-order valence-electron chi connectivity index (χ4n) is 4.32. The Morgan fingerprint density at radius 3 is 2.36 bits per heavy atom. The van der Waals surface area contributed by atoms with Crippen molar-refractivity contribution in [3.63, 3.8) is 0 Å². The third-order valence-corrected chi connectivity index (χ3v) is 6.37. The van der Waals surface area contributed by atoms with Gasteiger partial charge in [0.1, 0.15) is 5.75 Å². The molecule has 0 saturated carbocycles. The summed E-state index contributed by atoms with van der Waals surface area (Å²) in [7, 11) is 0. The van der Waals surface area contributed by atoms with E-state index < -0.39 is 0 Å². The molecule has 0 radical (unpaired) electrons. The number of hydrogen-bond donors (Lipinski definition) is 2. The summed E-state index contributed by atoms with van der Waals surface area (Å²) < 4.78 is 5.69. The second-order valence-electron chi connectivity index (χ2n) is 9.13. The van der Waals surface area contributed by atoms with Gasteiger partial charge in [0.25, 0.3) is 11.8 Å². The van der Waals surface area contributed by atoms with Gasteiger partial charge in [-0.2, -0.15) is 0 Å². The predicted molar refractivity (Wildman–Crippen MR) is 145 cm³/mol. The number of carbonyl (C=O) groups excluding carboxylic acids is 2. The minimum absolute atomic E-state index is 0.149. The lowest BCUT2D eigenvalue weighted by molar-refractivity contribution is 0.0950. The summed E-state index contributed by atoms with van der Waals surface area (Å²) in [6, 6.07) is 22.6. The Morgan fingerprint density at radius 2 is 1.64 bits per heavy atom. The van der Waals surface area contributed by atoms with Crippen LogP contribution in [0.5, 0.6) is 5.75 Å². The number of anilines is 2. The Kier molecular flexibility index (Phi) is 8.98. The van der Waals surface area contributed by atoms with Crippen molar-refractivity contribution >= 4 is 23.2 Å². The molecule has 0 bridgehead atoms. The lowest BCUT2D eigenvalue weighted by atomic mass is 10.1. The SMILES string of the molecule is CCCCOc1ccc(C(=O)Nc2ccc(N3CCCCC3)c(C(=O)NCc3ccccc3)c2)cc1. The number of piperidine rings is 1. The monoisotopic (exact) mass is 485 g/mol. The smallest absolute Gasteiger partial charge is 0.255 e. The molecule has 0 atom stereocenters. The topological polar surface area (TPSA) is 70.7 Å². The van der Waals surface area contributed by atoms with Gasteiger partial charge in [-0.3, -0.25) is 9.59 Å². The average molecular weight is 486 g/mol. The summed E-state index contributed by atoms with van der Waals surface area (Å²) in [6.07, 6.45) is 5.51. The highest BCUT2D eigenvalue weighted by Gasteiger charge is 2.20. The van der Waals surface area contributed by atoms with Crippen LogP contribution in [0.1, 0.15) is 65.3 Å². The molecule has 0 aliphatic carbocycles. The van der Waals surface area contributed by atoms with Crippen LogP contribution in [0.15, 0.2) is 72.8 Å². The van der Waals surface area contributed by atoms with Crippen LogP contribution in [0.25, 0.3) is 0 Å². The van der Waals surface area contributed by atoms with Crippen molar-refractivity contribution in [1.82, 2.24) is 5.32 Å². The summed E-state index contributed by atoms with van der Waals surface area (Å²) in [5.41, 5.74) is 3.65. The van der Waals surface area contributed by atoms with E-state index in [0.717, 1.165) is 55.8 Å². The van der Waals surface area contributed by atoms with E-state index in [2.05, 4.69) is 22.5 Å². The number of hydrogen-bond acceptors (Lipinski definition) is 4. The van der Waals surface area contributed by atoms with Crippen molar-refractivity contribution in [2.45, 2.75) is 45.6 Å². The van der Waals surface area contributed by atoms with E-state index in [1.165, 1.54) is 6.42 Å². The molecule has 1 aliphatic rings. The Hall–Kier alpha value is -3.80. The second kappa shape index (κ2) is 12.8. The Bertz CT molecular complexity index is 1140. The molecule has 0 aromatic heterocycles. The molecule has 6 nitrogen and oxygen atoms in total. The molecule has 1 fully saturated rings. The lowest BCUT2D eigenvalue weighted by Gasteiger charge is -2.30. The molecule has 6 heteroatoms. The number of unbranched alkanes of at least 4 members (excludes halogenated alkanes) is 1. The number of ether oxygens (including phenoxy) is 1. The molecule has 188 valence electrons. The number of amides is 2. The van der Waals surface area contributed by atoms with Crippen LogP contribution < -0.4 is 20.3 Å². The number of carbonyl (C=O) groups is 2. The van der Waals surface area contributed by atoms with Crippen molar-refractivity contribution in [2.24, 2.45) is 0 Å². The van der Waals surface area contributed by atoms with Gasteiger partial charge in [-0.1, -0.05) is 43.7 Å². The maximum absolute atomic E-state index is 13.3. The molecular weight excluding hydrogens is 450 g/mol. The highest BCUT2D eigenvalue weighted by molar-refractivity contribution is 6.06. The van der Waals surface area contributed by atoms with Gasteiger partial charge in [0.2, 0.25) is 0 Å². The molecule has 3 aromatic rings. The Balaban J connectivity index is 1.48. The first-order valence-electron chi connectivity index (χ1n) is 12.9. The summed E-state index contributed by atoms with van der Waals surface area (Å²) in [6.45, 7) is 5.09. The summed E-state index contributed by atoms with van der Waals surface area (Å²) in [4.78, 5) is 28.4. The molecule has 2 N–H and O–H groups in total. The fourth-order valence-corrected chi connectivity index (χ4v) is 4.32. The maximum atomic E-state index is 13.3. The van der Waals surface area contributed by atoms with Gasteiger partial charge in [0.05, 0.1) is 12.2 Å². The van der Waals surface area contributed by atoms with Crippen LogP contribution in [0.2, 0.25) is 0 Å². The zero-order valence-corrected chi connectivity index (χ0v) is 21.0. The van der Waals surface area contributed by atoms with E-state index in [1.807, 2.05) is 54.6 Å². The van der Waals surface area contributed by atoms with Crippen molar-refractivity contribution in [3.8, 4) is 5.75 Å². The van der Waals surface area contributed by atoms with Gasteiger partial charge in [0, 0.05) is 36.6 Å². The molecule has 1 saturated heterocycles. The number of benzene rings is 3. The molecule has 0 spiro atoms. The van der Waals surface area contributed by atoms with Crippen LogP contribution in [0, 0.1) is 0 Å². The largest absolute Gasteiger partial charge is 0.494 e. The quantitative estimate of drug-likeness (QED) is 0.344. The van der Waals surface area contributed by atoms with Gasteiger partial charge in [-0.25, -0.2) is 0 Å². The van der Waals surface area contributed by atoms with E-state index in [-0.39, 0.29) is 11.8 Å². The zero-order valence-electron chi connectivity index (χ0n) is 21.0. The molecular formula is C30H35N3O3. The summed E-state index contributed by atoms with van der Waals surface area (Å²) >= 11 is 0. The van der Waals surface area contributed by atoms with Crippen molar-refractivity contribution < 1.29 is 14.3 Å². The molecule has 3 aromatic carbocycles. The van der Waals surface area contributed by atoms with E-state index in [4.69, 9.17) is 4.74 Å². The summed E-state index contributed by atoms with van der Waals surface area (Å²) in [5.74, 6) is 0.379. The number of nitrogens with zero attached hydrogens (tertiary/aromatic N) is 1. The molecule has 1 heterocycles. The number of nitrogens with one attached hydrogen (secondary N) is 2. The van der Waals surface area contributed by atoms with Crippen LogP contribution in [0.4, 0.5) is 11.4 Å². The molecule has 1 aliphatic heterocycles. The number of rotatable bonds is 10. The third-order valence-electron chi connectivity index (χ3n) is 6.37. The van der Waals surface area contributed by atoms with E-state index in [9.17, 15) is 9.59 Å². The minimum Gasteiger partial charge on any atom is -0.494 e. The van der Waals surface area contributed by atoms with Crippen LogP contribution in [-0.2, 0) is 6.54 Å². The van der Waals surface area contributed by atoms with Crippen LogP contribution >= 0.6 is 0 Å². The molecule has 0 unspecified atom stereocenters. The first-order chi connectivity index (χ1) is 17.6. The normalized spacial score (nSPS) is 13.2. The average Bonchev–Trinajstić information content (AvgIpc) is 2.93. The first kappa shape index (κ1) is 25.3. The van der Waals surface area contributed by atoms with Crippen LogP contribution in [-0.4, -0.2) is 31.5 Å². The Labute approximate surface area is 213 Å². The van der Waals surface area contributed by atoms with E-state index >= 15 is 0 Å². The highest BCUT2D eigenvalue weighted by Crippen LogP contribution is 2.28. The fraction of sp³-hybridized carbons (Fsp3) is 0.333. The van der Waals surface area contributed by atoms with E-state index in [1.54, 1.807) is 18.2 Å². The third kappa shape index (κ3) is 6.87. The predicted octanol–water partition coefficient (Wildman–Crippen LogP) is 6.04. The first-order valence-corrected chi connectivity index (χ1v) is 12.9. The minimum atomic E-state index is -0.225. The van der Waals surface area contributed by atoms with Gasteiger partial charge in [0.15, 0.2) is 0 Å². The van der Waals surface area contributed by atoms with Gasteiger partial charge in [-0.05, 0) is 73.7 Å². The van der Waals surface area contributed by atoms with Gasteiger partial charge in [-0.15, -0.1) is 0 Å². The van der Waals surface area contributed by atoms with Gasteiger partial charge >= 0.3 is 0 Å². The Morgan fingerprint density at radius 1 is 0.889 bits per heavy atom. The maximum Gasteiger partial charge on any atom is 0.255 e. The van der Waals surface area contributed by atoms with E-state index in [0.29, 0.717) is 30.0 Å². The molecule has 2 amide bonds. The van der Waals surface area contributed by atoms with Crippen LogP contribution in [0.3, 0.4) is 0 Å².